The predicted octanol–water partition coefficient (Wildman–Crippen LogP) is 1.99. The van der Waals surface area contributed by atoms with Gasteiger partial charge in [0.25, 0.3) is 0 Å². The van der Waals surface area contributed by atoms with Gasteiger partial charge < -0.3 is 23.5 Å². The van der Waals surface area contributed by atoms with Gasteiger partial charge in [0.1, 0.15) is 22.6 Å². The molecule has 0 radical (unpaired) electrons. The Balaban J connectivity index is 0.00000484. The monoisotopic (exact) mass is 332 g/mol. The normalized spacial score (nSPS) is 12.4. The molecule has 0 atom stereocenters. The van der Waals surface area contributed by atoms with Gasteiger partial charge in [-0.25, -0.2) is 0 Å². The molecule has 0 aromatic heterocycles. The Hall–Kier alpha value is -0.353. The summed E-state index contributed by atoms with van der Waals surface area (Å²) < 4.78 is 18.1. The molecule has 3 nitrogen and oxygen atoms in total. The number of ether oxygens (including phenoxy) is 3. The van der Waals surface area contributed by atoms with Crippen LogP contribution in [0.3, 0.4) is 0 Å². The molecular formula is C18H30LiO3P. The van der Waals surface area contributed by atoms with E-state index < -0.39 is 0 Å². The van der Waals surface area contributed by atoms with Crippen LogP contribution in [0.25, 0.3) is 0 Å². The molecular weight excluding hydrogens is 302 g/mol. The van der Waals surface area contributed by atoms with E-state index >= 15 is 0 Å². The van der Waals surface area contributed by atoms with Crippen LogP contribution >= 0.6 is 9.24 Å². The van der Waals surface area contributed by atoms with Crippen LogP contribution < -0.4 is 38.4 Å². The van der Waals surface area contributed by atoms with Crippen molar-refractivity contribution in [2.24, 2.45) is 0 Å². The smallest absolute Gasteiger partial charge is 0.517 e. The van der Waals surface area contributed by atoms with Crippen molar-refractivity contribution in [1.82, 2.24) is 0 Å². The summed E-state index contributed by atoms with van der Waals surface area (Å²) >= 11 is 0. The van der Waals surface area contributed by atoms with E-state index in [1.807, 2.05) is 74.4 Å². The van der Waals surface area contributed by atoms with E-state index in [9.17, 15) is 0 Å². The number of hydrogen-bond donors (Lipinski definition) is 0. The zero-order valence-electron chi connectivity index (χ0n) is 16.4. The van der Waals surface area contributed by atoms with Crippen molar-refractivity contribution < 1.29 is 33.1 Å². The zero-order chi connectivity index (χ0) is 17.3. The van der Waals surface area contributed by atoms with Gasteiger partial charge in [0, 0.05) is 12.1 Å². The van der Waals surface area contributed by atoms with Crippen LogP contribution in [-0.4, -0.2) is 16.8 Å². The van der Waals surface area contributed by atoms with E-state index in [4.69, 9.17) is 14.2 Å². The summed E-state index contributed by atoms with van der Waals surface area (Å²) in [5, 5.41) is 0.797. The van der Waals surface area contributed by atoms with Gasteiger partial charge in [0.2, 0.25) is 0 Å². The zero-order valence-corrected chi connectivity index (χ0v) is 17.4. The second-order valence-corrected chi connectivity index (χ2v) is 8.94. The molecule has 0 saturated heterocycles. The second kappa shape index (κ2) is 7.69. The van der Waals surface area contributed by atoms with E-state index in [2.05, 4.69) is 9.24 Å². The maximum atomic E-state index is 6.03. The van der Waals surface area contributed by atoms with Gasteiger partial charge in [-0.3, -0.25) is 0 Å². The van der Waals surface area contributed by atoms with Gasteiger partial charge in [0.05, 0.1) is 11.5 Å². The SMILES string of the molecule is CC(C)(C)Oc1cc(OC(C)(C)C)c([PH-])c(OC(C)(C)C)c1.[Li+]. The third-order valence-electron chi connectivity index (χ3n) is 2.30. The minimum absolute atomic E-state index is 0. The van der Waals surface area contributed by atoms with Gasteiger partial charge in [-0.15, -0.1) is 5.30 Å². The Morgan fingerprint density at radius 1 is 0.652 bits per heavy atom. The van der Waals surface area contributed by atoms with Crippen molar-refractivity contribution in [2.75, 3.05) is 0 Å². The largest absolute Gasteiger partial charge is 1.00 e. The molecule has 0 aliphatic carbocycles. The first-order valence-corrected chi connectivity index (χ1v) is 8.13. The minimum Gasteiger partial charge on any atom is -0.517 e. The molecule has 0 saturated carbocycles. The summed E-state index contributed by atoms with van der Waals surface area (Å²) in [5.74, 6) is 2.16. The first kappa shape index (κ1) is 22.6. The standard InChI is InChI=1S/C18H30O3P.Li/c1-16(2,3)19-12-10-13(20-17(4,5)6)15(22)14(11-12)21-18(7,8)9;/h10-11,22H,1-9H3;/q-1;+1. The van der Waals surface area contributed by atoms with Crippen molar-refractivity contribution in [3.8, 4) is 17.2 Å². The summed E-state index contributed by atoms with van der Waals surface area (Å²) in [6.07, 6.45) is 0. The number of rotatable bonds is 3. The summed E-state index contributed by atoms with van der Waals surface area (Å²) in [5.41, 5.74) is -0.896. The summed E-state index contributed by atoms with van der Waals surface area (Å²) in [6, 6.07) is 3.79. The molecule has 0 fully saturated rings. The molecule has 1 aromatic carbocycles. The molecule has 23 heavy (non-hydrogen) atoms. The maximum Gasteiger partial charge on any atom is 1.00 e. The van der Waals surface area contributed by atoms with E-state index in [1.54, 1.807) is 0 Å². The van der Waals surface area contributed by atoms with Crippen LogP contribution in [0.15, 0.2) is 12.1 Å². The maximum absolute atomic E-state index is 6.03. The average molecular weight is 332 g/mol. The van der Waals surface area contributed by atoms with Crippen molar-refractivity contribution in [3.05, 3.63) is 12.1 Å². The second-order valence-electron chi connectivity index (χ2n) is 8.44. The molecule has 0 bridgehead atoms. The molecule has 126 valence electrons. The molecule has 0 spiro atoms. The fourth-order valence-electron chi connectivity index (χ4n) is 1.80. The van der Waals surface area contributed by atoms with Gasteiger partial charge in [-0.05, 0) is 62.3 Å². The van der Waals surface area contributed by atoms with Crippen LogP contribution in [0.1, 0.15) is 62.3 Å². The van der Waals surface area contributed by atoms with E-state index in [-0.39, 0.29) is 35.7 Å². The first-order valence-electron chi connectivity index (χ1n) is 7.63. The van der Waals surface area contributed by atoms with Crippen molar-refractivity contribution in [1.29, 1.82) is 0 Å². The van der Waals surface area contributed by atoms with Crippen molar-refractivity contribution >= 4 is 14.5 Å². The molecule has 0 aliphatic heterocycles. The van der Waals surface area contributed by atoms with Crippen LogP contribution in [-0.2, 0) is 0 Å². The Bertz CT molecular complexity index is 486. The van der Waals surface area contributed by atoms with E-state index in [0.29, 0.717) is 11.5 Å². The Labute approximate surface area is 156 Å². The quantitative estimate of drug-likeness (QED) is 0.626. The summed E-state index contributed by atoms with van der Waals surface area (Å²) in [7, 11) is 3.65. The Kier molecular flexibility index (Phi) is 7.57. The van der Waals surface area contributed by atoms with Crippen LogP contribution in [0, 0.1) is 0 Å². The summed E-state index contributed by atoms with van der Waals surface area (Å²) in [4.78, 5) is 0. The number of benzene rings is 1. The average Bonchev–Trinajstić information content (AvgIpc) is 2.18. The number of hydrogen-bond acceptors (Lipinski definition) is 3. The molecule has 0 heterocycles. The Morgan fingerprint density at radius 3 is 1.22 bits per heavy atom. The van der Waals surface area contributed by atoms with E-state index in [0.717, 1.165) is 11.1 Å². The van der Waals surface area contributed by atoms with Gasteiger partial charge in [0.15, 0.2) is 0 Å². The molecule has 5 heteroatoms. The summed E-state index contributed by atoms with van der Waals surface area (Å²) in [6.45, 7) is 18.1. The van der Waals surface area contributed by atoms with Crippen LogP contribution in [0.4, 0.5) is 0 Å². The minimum atomic E-state index is -0.305. The molecule has 0 N–H and O–H groups in total. The van der Waals surface area contributed by atoms with E-state index in [1.165, 1.54) is 0 Å². The molecule has 0 amide bonds. The van der Waals surface area contributed by atoms with Crippen molar-refractivity contribution in [2.45, 2.75) is 79.1 Å². The fourth-order valence-corrected chi connectivity index (χ4v) is 2.05. The van der Waals surface area contributed by atoms with Crippen molar-refractivity contribution in [3.63, 3.8) is 0 Å². The molecule has 1 aromatic rings. The molecule has 0 unspecified atom stereocenters. The van der Waals surface area contributed by atoms with Gasteiger partial charge in [-0.1, -0.05) is 0 Å². The molecule has 0 aliphatic rings. The van der Waals surface area contributed by atoms with Crippen LogP contribution in [0.5, 0.6) is 17.2 Å². The topological polar surface area (TPSA) is 27.7 Å². The third kappa shape index (κ3) is 8.90. The van der Waals surface area contributed by atoms with Crippen LogP contribution in [0.2, 0.25) is 0 Å². The van der Waals surface area contributed by atoms with Gasteiger partial charge in [-0.2, -0.15) is 0 Å². The third-order valence-corrected chi connectivity index (χ3v) is 2.79. The molecule has 1 rings (SSSR count). The van der Waals surface area contributed by atoms with Gasteiger partial charge >= 0.3 is 18.9 Å². The first-order chi connectivity index (χ1) is 9.66. The fraction of sp³-hybridized carbons (Fsp3) is 0.667. The Morgan fingerprint density at radius 2 is 0.957 bits per heavy atom. The predicted molar refractivity (Wildman–Crippen MR) is 95.5 cm³/mol.